The maximum atomic E-state index is 14.6. The highest BCUT2D eigenvalue weighted by Gasteiger charge is 2.47. The number of aromatic nitrogens is 2. The molecule has 0 bridgehead atoms. The van der Waals surface area contributed by atoms with Crippen LogP contribution in [0.5, 0.6) is 0 Å². The van der Waals surface area contributed by atoms with Crippen LogP contribution < -0.4 is 0 Å². The standard InChI is InChI=1S/C17H17ClF4N2O2/c1-4-12-23-13(15(25)26)14(18)24(12)11-6-5-9(7-10(11)19)8-16(2,3)17(20,21)22/h5-7H,4,8H2,1-3H3,(H,25,26). The van der Waals surface area contributed by atoms with Crippen molar-refractivity contribution in [1.29, 1.82) is 0 Å². The first-order valence-electron chi connectivity index (χ1n) is 7.75. The Morgan fingerprint density at radius 1 is 1.31 bits per heavy atom. The van der Waals surface area contributed by atoms with Crippen LogP contribution in [0.3, 0.4) is 0 Å². The second kappa shape index (κ2) is 6.90. The van der Waals surface area contributed by atoms with Crippen molar-refractivity contribution in [3.05, 3.63) is 46.3 Å². The highest BCUT2D eigenvalue weighted by atomic mass is 35.5. The molecule has 0 amide bonds. The molecular formula is C17H17ClF4N2O2. The van der Waals surface area contributed by atoms with Crippen molar-refractivity contribution >= 4 is 17.6 Å². The average molecular weight is 393 g/mol. The number of hydrogen-bond donors (Lipinski definition) is 1. The number of benzene rings is 1. The molecule has 2 aromatic rings. The molecule has 0 unspecified atom stereocenters. The molecule has 0 fully saturated rings. The Morgan fingerprint density at radius 3 is 2.38 bits per heavy atom. The number of alkyl halides is 3. The van der Waals surface area contributed by atoms with Crippen molar-refractivity contribution in [1.82, 2.24) is 9.55 Å². The molecule has 0 radical (unpaired) electrons. The number of nitrogens with zero attached hydrogens (tertiary/aromatic N) is 2. The number of halogens is 5. The van der Waals surface area contributed by atoms with Gasteiger partial charge in [0.25, 0.3) is 0 Å². The zero-order valence-corrected chi connectivity index (χ0v) is 15.0. The SMILES string of the molecule is CCc1nc(C(=O)O)c(Cl)n1-c1ccc(CC(C)(C)C(F)(F)F)cc1F. The molecule has 0 saturated heterocycles. The van der Waals surface area contributed by atoms with Crippen LogP contribution in [0.1, 0.15) is 42.6 Å². The molecule has 1 aromatic carbocycles. The molecule has 0 atom stereocenters. The largest absolute Gasteiger partial charge is 0.476 e. The fraction of sp³-hybridized carbons (Fsp3) is 0.412. The van der Waals surface area contributed by atoms with Crippen molar-refractivity contribution in [2.24, 2.45) is 5.41 Å². The summed E-state index contributed by atoms with van der Waals surface area (Å²) < 4.78 is 54.8. The second-order valence-corrected chi connectivity index (χ2v) is 6.86. The molecular weight excluding hydrogens is 376 g/mol. The van der Waals surface area contributed by atoms with Crippen molar-refractivity contribution in [3.8, 4) is 5.69 Å². The Morgan fingerprint density at radius 2 is 1.92 bits per heavy atom. The van der Waals surface area contributed by atoms with Crippen LogP contribution in [-0.4, -0.2) is 26.8 Å². The maximum Gasteiger partial charge on any atom is 0.394 e. The van der Waals surface area contributed by atoms with Crippen LogP contribution in [0.25, 0.3) is 5.69 Å². The van der Waals surface area contributed by atoms with E-state index in [0.29, 0.717) is 0 Å². The van der Waals surface area contributed by atoms with Gasteiger partial charge in [0.15, 0.2) is 5.69 Å². The van der Waals surface area contributed by atoms with Gasteiger partial charge in [-0.15, -0.1) is 0 Å². The van der Waals surface area contributed by atoms with Gasteiger partial charge >= 0.3 is 12.1 Å². The lowest BCUT2D eigenvalue weighted by Gasteiger charge is -2.27. The van der Waals surface area contributed by atoms with E-state index in [4.69, 9.17) is 16.7 Å². The predicted octanol–water partition coefficient (Wildman–Crippen LogP) is 5.06. The lowest BCUT2D eigenvalue weighted by molar-refractivity contribution is -0.211. The van der Waals surface area contributed by atoms with E-state index in [1.807, 2.05) is 0 Å². The molecule has 1 heterocycles. The Bertz CT molecular complexity index is 844. The van der Waals surface area contributed by atoms with Crippen LogP contribution in [0, 0.1) is 11.2 Å². The first-order valence-corrected chi connectivity index (χ1v) is 8.12. The number of aromatic carboxylic acids is 1. The van der Waals surface area contributed by atoms with Gasteiger partial charge in [-0.3, -0.25) is 4.57 Å². The van der Waals surface area contributed by atoms with Gasteiger partial charge in [-0.2, -0.15) is 13.2 Å². The Balaban J connectivity index is 2.48. The third-order valence-corrected chi connectivity index (χ3v) is 4.42. The number of carbonyl (C=O) groups is 1. The van der Waals surface area contributed by atoms with Crippen LogP contribution in [0.2, 0.25) is 5.15 Å². The Labute approximate surface area is 152 Å². The van der Waals surface area contributed by atoms with Gasteiger partial charge in [0.1, 0.15) is 16.8 Å². The van der Waals surface area contributed by atoms with Crippen LogP contribution in [-0.2, 0) is 12.8 Å². The van der Waals surface area contributed by atoms with Gasteiger partial charge in [0, 0.05) is 6.42 Å². The number of aryl methyl sites for hydroxylation is 1. The van der Waals surface area contributed by atoms with E-state index >= 15 is 0 Å². The summed E-state index contributed by atoms with van der Waals surface area (Å²) in [5, 5.41) is 8.84. The summed E-state index contributed by atoms with van der Waals surface area (Å²) in [6.07, 6.45) is -4.54. The number of hydrogen-bond acceptors (Lipinski definition) is 2. The average Bonchev–Trinajstić information content (AvgIpc) is 2.83. The molecule has 1 aromatic heterocycles. The quantitative estimate of drug-likeness (QED) is 0.724. The highest BCUT2D eigenvalue weighted by molar-refractivity contribution is 6.32. The molecule has 0 aliphatic rings. The fourth-order valence-corrected chi connectivity index (χ4v) is 2.83. The molecule has 0 spiro atoms. The summed E-state index contributed by atoms with van der Waals surface area (Å²) in [5.41, 5.74) is -2.33. The summed E-state index contributed by atoms with van der Waals surface area (Å²) in [4.78, 5) is 15.0. The number of rotatable bonds is 5. The summed E-state index contributed by atoms with van der Waals surface area (Å²) in [6.45, 7) is 3.78. The lowest BCUT2D eigenvalue weighted by atomic mass is 9.85. The summed E-state index contributed by atoms with van der Waals surface area (Å²) >= 11 is 6.02. The first kappa shape index (κ1) is 20.2. The minimum Gasteiger partial charge on any atom is -0.476 e. The third kappa shape index (κ3) is 3.70. The zero-order valence-electron chi connectivity index (χ0n) is 14.3. The van der Waals surface area contributed by atoms with Gasteiger partial charge in [0.05, 0.1) is 11.1 Å². The minimum absolute atomic E-state index is 0.0691. The van der Waals surface area contributed by atoms with Gasteiger partial charge < -0.3 is 5.11 Å². The van der Waals surface area contributed by atoms with Crippen molar-refractivity contribution in [2.75, 3.05) is 0 Å². The van der Waals surface area contributed by atoms with Crippen LogP contribution in [0.15, 0.2) is 18.2 Å². The number of carboxylic acids is 1. The molecule has 9 heteroatoms. The number of carboxylic acid groups (broad SMARTS) is 1. The summed E-state index contributed by atoms with van der Waals surface area (Å²) in [5.74, 6) is -1.94. The Kier molecular flexibility index (Phi) is 5.37. The fourth-order valence-electron chi connectivity index (χ4n) is 2.51. The van der Waals surface area contributed by atoms with E-state index < -0.39 is 35.5 Å². The van der Waals surface area contributed by atoms with Crippen LogP contribution >= 0.6 is 11.6 Å². The minimum atomic E-state index is -4.43. The van der Waals surface area contributed by atoms with E-state index in [2.05, 4.69) is 4.98 Å². The van der Waals surface area contributed by atoms with Crippen molar-refractivity contribution in [3.63, 3.8) is 0 Å². The molecule has 1 N–H and O–H groups in total. The summed E-state index contributed by atoms with van der Waals surface area (Å²) in [6, 6.07) is 3.64. The van der Waals surface area contributed by atoms with Gasteiger partial charge in [0.2, 0.25) is 0 Å². The smallest absolute Gasteiger partial charge is 0.394 e. The van der Waals surface area contributed by atoms with Crippen molar-refractivity contribution in [2.45, 2.75) is 39.8 Å². The first-order chi connectivity index (χ1) is 11.9. The molecule has 4 nitrogen and oxygen atoms in total. The molecule has 142 valence electrons. The van der Waals surface area contributed by atoms with E-state index in [0.717, 1.165) is 24.5 Å². The topological polar surface area (TPSA) is 55.1 Å². The third-order valence-electron chi connectivity index (χ3n) is 4.08. The molecule has 0 aliphatic heterocycles. The van der Waals surface area contributed by atoms with E-state index in [1.165, 1.54) is 12.1 Å². The lowest BCUT2D eigenvalue weighted by Crippen LogP contribution is -2.34. The summed E-state index contributed by atoms with van der Waals surface area (Å²) in [7, 11) is 0. The monoisotopic (exact) mass is 392 g/mol. The molecule has 2 rings (SSSR count). The van der Waals surface area contributed by atoms with Gasteiger partial charge in [-0.05, 0) is 24.1 Å². The molecule has 0 aliphatic carbocycles. The van der Waals surface area contributed by atoms with E-state index in [1.54, 1.807) is 6.92 Å². The van der Waals surface area contributed by atoms with Gasteiger partial charge in [-0.1, -0.05) is 38.4 Å². The van der Waals surface area contributed by atoms with E-state index in [9.17, 15) is 22.4 Å². The van der Waals surface area contributed by atoms with E-state index in [-0.39, 0.29) is 28.6 Å². The normalized spacial score (nSPS) is 12.5. The van der Waals surface area contributed by atoms with Crippen molar-refractivity contribution < 1.29 is 27.5 Å². The molecule has 26 heavy (non-hydrogen) atoms. The highest BCUT2D eigenvalue weighted by Crippen LogP contribution is 2.40. The van der Waals surface area contributed by atoms with Crippen LogP contribution in [0.4, 0.5) is 17.6 Å². The Hall–Kier alpha value is -2.09. The predicted molar refractivity (Wildman–Crippen MR) is 88.4 cm³/mol. The second-order valence-electron chi connectivity index (χ2n) is 6.51. The van der Waals surface area contributed by atoms with Gasteiger partial charge in [-0.25, -0.2) is 14.2 Å². The number of imidazole rings is 1. The maximum absolute atomic E-state index is 14.6. The molecule has 0 saturated carbocycles. The zero-order chi connectivity index (χ0) is 19.9.